The molecule has 0 radical (unpaired) electrons. The van der Waals surface area contributed by atoms with Gasteiger partial charge in [-0.3, -0.25) is 9.80 Å². The summed E-state index contributed by atoms with van der Waals surface area (Å²) < 4.78 is 10.7. The Hall–Kier alpha value is -2.49. The molecule has 2 saturated carbocycles. The molecule has 11 heteroatoms. The molecule has 3 aliphatic rings. The SMILES string of the molecule is COc1cc(OC)c(Cl)c(N2Cc3cnc(N[C@@H]4CC(C5CCC5)CC[C@@H]4N)nc3N(C)C2=O)c1Cl. The predicted molar refractivity (Wildman–Crippen MR) is 142 cm³/mol. The molecular formula is C25H32Cl2N6O3. The van der Waals surface area contributed by atoms with Crippen molar-refractivity contribution in [2.24, 2.45) is 17.6 Å². The fraction of sp³-hybridized carbons (Fsp3) is 0.560. The van der Waals surface area contributed by atoms with Gasteiger partial charge in [0.2, 0.25) is 5.95 Å². The van der Waals surface area contributed by atoms with Gasteiger partial charge in [-0.1, -0.05) is 42.5 Å². The van der Waals surface area contributed by atoms with Gasteiger partial charge >= 0.3 is 6.03 Å². The number of methoxy groups -OCH3 is 2. The van der Waals surface area contributed by atoms with Crippen LogP contribution in [0.25, 0.3) is 0 Å². The number of rotatable bonds is 6. The quantitative estimate of drug-likeness (QED) is 0.531. The second-order valence-electron chi connectivity index (χ2n) is 9.91. The first kappa shape index (κ1) is 25.2. The van der Waals surface area contributed by atoms with Gasteiger partial charge in [0.25, 0.3) is 0 Å². The van der Waals surface area contributed by atoms with Crippen molar-refractivity contribution in [3.8, 4) is 11.5 Å². The zero-order valence-corrected chi connectivity index (χ0v) is 22.3. The zero-order chi connectivity index (χ0) is 25.6. The summed E-state index contributed by atoms with van der Waals surface area (Å²) in [5.74, 6) is 3.27. The van der Waals surface area contributed by atoms with Crippen LogP contribution in [0.2, 0.25) is 10.0 Å². The number of nitrogens with two attached hydrogens (primary N) is 1. The molecule has 3 atom stereocenters. The normalized spacial score (nSPS) is 24.3. The highest BCUT2D eigenvalue weighted by atomic mass is 35.5. The molecule has 9 nitrogen and oxygen atoms in total. The summed E-state index contributed by atoms with van der Waals surface area (Å²) in [4.78, 5) is 25.7. The monoisotopic (exact) mass is 534 g/mol. The van der Waals surface area contributed by atoms with Crippen molar-refractivity contribution < 1.29 is 14.3 Å². The van der Waals surface area contributed by atoms with Crippen LogP contribution >= 0.6 is 23.2 Å². The number of halogens is 2. The van der Waals surface area contributed by atoms with Gasteiger partial charge in [-0.05, 0) is 31.1 Å². The highest BCUT2D eigenvalue weighted by Crippen LogP contribution is 2.48. The van der Waals surface area contributed by atoms with E-state index in [9.17, 15) is 4.79 Å². The first-order valence-electron chi connectivity index (χ1n) is 12.4. The molecule has 1 aromatic heterocycles. The fourth-order valence-corrected chi connectivity index (χ4v) is 6.27. The molecule has 1 unspecified atom stereocenters. The minimum absolute atomic E-state index is 0.0585. The van der Waals surface area contributed by atoms with Crippen molar-refractivity contribution in [2.75, 3.05) is 36.4 Å². The molecule has 2 aliphatic carbocycles. The summed E-state index contributed by atoms with van der Waals surface area (Å²) in [5, 5.41) is 3.91. The average molecular weight is 535 g/mol. The highest BCUT2D eigenvalue weighted by molar-refractivity contribution is 6.42. The van der Waals surface area contributed by atoms with Crippen molar-refractivity contribution in [1.82, 2.24) is 9.97 Å². The second-order valence-corrected chi connectivity index (χ2v) is 10.7. The fourth-order valence-electron chi connectivity index (χ4n) is 5.56. The smallest absolute Gasteiger partial charge is 0.330 e. The Morgan fingerprint density at radius 2 is 1.78 bits per heavy atom. The largest absolute Gasteiger partial charge is 0.495 e. The van der Waals surface area contributed by atoms with E-state index in [1.807, 2.05) is 0 Å². The number of nitrogens with one attached hydrogen (secondary N) is 1. The third-order valence-electron chi connectivity index (χ3n) is 7.90. The third-order valence-corrected chi connectivity index (χ3v) is 8.63. The van der Waals surface area contributed by atoms with Gasteiger partial charge in [0.1, 0.15) is 27.4 Å². The Morgan fingerprint density at radius 1 is 1.08 bits per heavy atom. The van der Waals surface area contributed by atoms with Crippen LogP contribution in [0.1, 0.15) is 44.1 Å². The van der Waals surface area contributed by atoms with Crippen molar-refractivity contribution >= 4 is 46.7 Å². The van der Waals surface area contributed by atoms with Crippen LogP contribution in [0.15, 0.2) is 12.3 Å². The van der Waals surface area contributed by atoms with Crippen LogP contribution in [0, 0.1) is 11.8 Å². The van der Waals surface area contributed by atoms with Gasteiger partial charge in [0.15, 0.2) is 0 Å². The van der Waals surface area contributed by atoms with Crippen LogP contribution in [-0.2, 0) is 6.54 Å². The maximum Gasteiger partial charge on any atom is 0.330 e. The van der Waals surface area contributed by atoms with Crippen molar-refractivity contribution in [3.05, 3.63) is 27.9 Å². The minimum Gasteiger partial charge on any atom is -0.495 e. The minimum atomic E-state index is -0.328. The number of fused-ring (bicyclic) bond motifs is 1. The van der Waals surface area contributed by atoms with E-state index in [1.54, 1.807) is 19.3 Å². The molecule has 0 spiro atoms. The molecule has 1 aliphatic heterocycles. The van der Waals surface area contributed by atoms with E-state index in [0.717, 1.165) is 24.3 Å². The van der Waals surface area contributed by atoms with E-state index in [2.05, 4.69) is 10.3 Å². The Labute approximate surface area is 221 Å². The lowest BCUT2D eigenvalue weighted by Gasteiger charge is -2.41. The molecule has 2 aromatic rings. The number of urea groups is 1. The Kier molecular flexibility index (Phi) is 7.07. The van der Waals surface area contributed by atoms with Crippen LogP contribution in [-0.4, -0.2) is 49.4 Å². The highest BCUT2D eigenvalue weighted by Gasteiger charge is 2.37. The summed E-state index contributed by atoms with van der Waals surface area (Å²) in [5.41, 5.74) is 7.53. The van der Waals surface area contributed by atoms with Crippen molar-refractivity contribution in [2.45, 2.75) is 57.2 Å². The summed E-state index contributed by atoms with van der Waals surface area (Å²) in [7, 11) is 4.65. The zero-order valence-electron chi connectivity index (χ0n) is 20.8. The van der Waals surface area contributed by atoms with Crippen LogP contribution < -0.4 is 30.3 Å². The number of aromatic nitrogens is 2. The average Bonchev–Trinajstić information content (AvgIpc) is 2.83. The van der Waals surface area contributed by atoms with Crippen LogP contribution in [0.3, 0.4) is 0 Å². The standard InChI is InChI=1S/C25H32Cl2N6O3/c1-32-23-15(12-33(25(32)34)22-20(26)18(35-2)10-19(36-3)21(22)27)11-29-24(31-23)30-17-9-14(7-8-16(17)28)13-5-4-6-13/h10-11,13-14,16-17H,4-9,12,28H2,1-3H3,(H,29,30,31)/t14?,16-,17+/m0/s1. The molecule has 2 fully saturated rings. The van der Waals surface area contributed by atoms with E-state index >= 15 is 0 Å². The molecule has 3 N–H and O–H groups in total. The Bertz CT molecular complexity index is 1130. The van der Waals surface area contributed by atoms with Gasteiger partial charge in [-0.25, -0.2) is 9.78 Å². The molecule has 2 heterocycles. The van der Waals surface area contributed by atoms with E-state index < -0.39 is 0 Å². The van der Waals surface area contributed by atoms with Crippen LogP contribution in [0.4, 0.5) is 22.2 Å². The number of hydrogen-bond donors (Lipinski definition) is 2. The third kappa shape index (κ3) is 4.41. The first-order valence-corrected chi connectivity index (χ1v) is 13.1. The van der Waals surface area contributed by atoms with Crippen LogP contribution in [0.5, 0.6) is 11.5 Å². The summed E-state index contributed by atoms with van der Waals surface area (Å²) in [6.07, 6.45) is 8.97. The van der Waals surface area contributed by atoms with E-state index in [-0.39, 0.29) is 34.7 Å². The maximum atomic E-state index is 13.5. The number of carbonyl (C=O) groups excluding carboxylic acids is 1. The van der Waals surface area contributed by atoms with E-state index in [1.165, 1.54) is 49.7 Å². The number of anilines is 3. The summed E-state index contributed by atoms with van der Waals surface area (Å²) >= 11 is 13.2. The summed E-state index contributed by atoms with van der Waals surface area (Å²) in [6, 6.07) is 1.44. The number of hydrogen-bond acceptors (Lipinski definition) is 7. The first-order chi connectivity index (χ1) is 17.3. The number of carbonyl (C=O) groups is 1. The van der Waals surface area contributed by atoms with Gasteiger partial charge in [0, 0.05) is 37.0 Å². The molecular weight excluding hydrogens is 503 g/mol. The summed E-state index contributed by atoms with van der Waals surface area (Å²) in [6.45, 7) is 0.196. The molecule has 194 valence electrons. The van der Waals surface area contributed by atoms with Gasteiger partial charge in [0.05, 0.1) is 26.5 Å². The van der Waals surface area contributed by atoms with Gasteiger partial charge in [-0.2, -0.15) is 4.98 Å². The van der Waals surface area contributed by atoms with Gasteiger partial charge < -0.3 is 20.5 Å². The topological polar surface area (TPSA) is 106 Å². The molecule has 5 rings (SSSR count). The number of benzene rings is 1. The van der Waals surface area contributed by atoms with Crippen molar-refractivity contribution in [1.29, 1.82) is 0 Å². The lowest BCUT2D eigenvalue weighted by atomic mass is 9.68. The maximum absolute atomic E-state index is 13.5. The lowest BCUT2D eigenvalue weighted by molar-refractivity contribution is 0.147. The molecule has 2 amide bonds. The van der Waals surface area contributed by atoms with Crippen molar-refractivity contribution in [3.63, 3.8) is 0 Å². The molecule has 1 aromatic carbocycles. The molecule has 0 saturated heterocycles. The Morgan fingerprint density at radius 3 is 2.39 bits per heavy atom. The number of amides is 2. The lowest BCUT2D eigenvalue weighted by Crippen LogP contribution is -2.48. The number of ether oxygens (including phenoxy) is 2. The molecule has 36 heavy (non-hydrogen) atoms. The molecule has 0 bridgehead atoms. The number of nitrogens with zero attached hydrogens (tertiary/aromatic N) is 4. The second kappa shape index (κ2) is 10.1. The Balaban J connectivity index is 1.40. The predicted octanol–water partition coefficient (Wildman–Crippen LogP) is 5.09. The van der Waals surface area contributed by atoms with Gasteiger partial charge in [-0.15, -0.1) is 0 Å². The van der Waals surface area contributed by atoms with E-state index in [0.29, 0.717) is 34.9 Å². The van der Waals surface area contributed by atoms with E-state index in [4.69, 9.17) is 43.4 Å².